The summed E-state index contributed by atoms with van der Waals surface area (Å²) in [6, 6.07) is 0.741. The first-order chi connectivity index (χ1) is 5.18. The highest BCUT2D eigenvalue weighted by Crippen LogP contribution is 2.22. The lowest BCUT2D eigenvalue weighted by Crippen LogP contribution is -2.20. The lowest BCUT2D eigenvalue weighted by molar-refractivity contribution is -0.134. The normalized spacial score (nSPS) is 31.4. The van der Waals surface area contributed by atoms with E-state index in [4.69, 9.17) is 9.90 Å². The van der Waals surface area contributed by atoms with Gasteiger partial charge in [0, 0.05) is 19.5 Å². The number of hydrogen-bond donors (Lipinski definition) is 2. The monoisotopic (exact) mass is 155 g/mol. The van der Waals surface area contributed by atoms with Crippen molar-refractivity contribution in [1.29, 1.82) is 0 Å². The van der Waals surface area contributed by atoms with Crippen molar-refractivity contribution >= 4 is 5.97 Å². The van der Waals surface area contributed by atoms with Gasteiger partial charge < -0.3 is 10.4 Å². The Morgan fingerprint density at radius 1 is 1.64 bits per heavy atom. The summed E-state index contributed by atoms with van der Waals surface area (Å²) >= 11 is 0. The van der Waals surface area contributed by atoms with Gasteiger partial charge in [0.2, 0.25) is 0 Å². The molecule has 0 amide bonds. The van der Waals surface area contributed by atoms with Gasteiger partial charge in [-0.05, 0) is 12.3 Å². The van der Waals surface area contributed by atoms with E-state index in [2.05, 4.69) is 17.5 Å². The lowest BCUT2D eigenvalue weighted by Gasteiger charge is -2.00. The summed E-state index contributed by atoms with van der Waals surface area (Å²) in [7, 11) is 0. The zero-order valence-electron chi connectivity index (χ0n) is 6.58. The molecule has 2 unspecified atom stereocenters. The first-order valence-electron chi connectivity index (χ1n) is 3.79. The Labute approximate surface area is 66.1 Å². The van der Waals surface area contributed by atoms with Crippen LogP contribution >= 0.6 is 0 Å². The van der Waals surface area contributed by atoms with Crippen molar-refractivity contribution in [3.63, 3.8) is 0 Å². The van der Waals surface area contributed by atoms with Gasteiger partial charge in [-0.2, -0.15) is 0 Å². The van der Waals surface area contributed by atoms with Crippen molar-refractivity contribution in [1.82, 2.24) is 5.32 Å². The van der Waals surface area contributed by atoms with Crippen LogP contribution in [0.3, 0.4) is 0 Å². The first-order valence-corrected chi connectivity index (χ1v) is 3.79. The molecule has 0 aromatic rings. The lowest BCUT2D eigenvalue weighted by atomic mass is 10.2. The maximum Gasteiger partial charge on any atom is 0.300 e. The number of carboxylic acid groups (broad SMARTS) is 1. The quantitative estimate of drug-likeness (QED) is 0.504. The minimum Gasteiger partial charge on any atom is -0.481 e. The molecule has 1 aliphatic heterocycles. The van der Waals surface area contributed by atoms with Gasteiger partial charge in [0.05, 0.1) is 0 Å². The molecule has 0 saturated carbocycles. The molecule has 11 heavy (non-hydrogen) atoms. The molecule has 1 aliphatic carbocycles. The predicted octanol–water partition coefficient (Wildman–Crippen LogP) is 0.625. The van der Waals surface area contributed by atoms with Crippen LogP contribution in [-0.2, 0) is 4.79 Å². The number of carbonyl (C=O) groups is 1. The largest absolute Gasteiger partial charge is 0.481 e. The molecule has 2 bridgehead atoms. The fourth-order valence-corrected chi connectivity index (χ4v) is 1.38. The number of fused-ring (bicyclic) bond motifs is 2. The number of aliphatic carboxylic acids is 1. The van der Waals surface area contributed by atoms with Crippen molar-refractivity contribution in [3.8, 4) is 0 Å². The highest BCUT2D eigenvalue weighted by molar-refractivity contribution is 5.62. The van der Waals surface area contributed by atoms with Crippen LogP contribution in [0.15, 0.2) is 12.2 Å². The summed E-state index contributed by atoms with van der Waals surface area (Å²) in [6.07, 6.45) is 5.95. The first kappa shape index (κ1) is 8.27. The molecule has 2 rings (SSSR count). The van der Waals surface area contributed by atoms with Gasteiger partial charge in [0.1, 0.15) is 0 Å². The van der Waals surface area contributed by atoms with E-state index >= 15 is 0 Å². The molecular formula is C8H13NO2. The molecule has 62 valence electrons. The number of rotatable bonds is 0. The molecule has 1 fully saturated rings. The second kappa shape index (κ2) is 3.53. The zero-order chi connectivity index (χ0) is 8.27. The van der Waals surface area contributed by atoms with E-state index in [1.807, 2.05) is 0 Å². The second-order valence-corrected chi connectivity index (χ2v) is 2.91. The van der Waals surface area contributed by atoms with Gasteiger partial charge in [0.15, 0.2) is 0 Å². The van der Waals surface area contributed by atoms with Crippen LogP contribution in [0.5, 0.6) is 0 Å². The Morgan fingerprint density at radius 3 is 2.36 bits per heavy atom. The standard InChI is InChI=1S/C6H9N.C2H4O2/c1-2-6-3-5(1)4-7-6;1-2(3)4/h1-2,5-7H,3-4H2;1H3,(H,3,4). The second-order valence-electron chi connectivity index (χ2n) is 2.91. The van der Waals surface area contributed by atoms with Crippen LogP contribution < -0.4 is 5.32 Å². The van der Waals surface area contributed by atoms with Gasteiger partial charge in [-0.3, -0.25) is 4.79 Å². The topological polar surface area (TPSA) is 49.3 Å². The maximum atomic E-state index is 9.00. The highest BCUT2D eigenvalue weighted by Gasteiger charge is 2.24. The predicted molar refractivity (Wildman–Crippen MR) is 42.3 cm³/mol. The Morgan fingerprint density at radius 2 is 2.27 bits per heavy atom. The Balaban J connectivity index is 0.000000134. The van der Waals surface area contributed by atoms with Crippen LogP contribution in [0.4, 0.5) is 0 Å². The minimum atomic E-state index is -0.833. The van der Waals surface area contributed by atoms with E-state index < -0.39 is 5.97 Å². The highest BCUT2D eigenvalue weighted by atomic mass is 16.4. The van der Waals surface area contributed by atoms with E-state index in [0.29, 0.717) is 0 Å². The molecule has 0 aromatic heterocycles. The van der Waals surface area contributed by atoms with Crippen LogP contribution in [-0.4, -0.2) is 23.7 Å². The molecule has 3 heteroatoms. The molecule has 3 nitrogen and oxygen atoms in total. The summed E-state index contributed by atoms with van der Waals surface area (Å²) in [4.78, 5) is 9.00. The van der Waals surface area contributed by atoms with E-state index in [1.54, 1.807) is 0 Å². The van der Waals surface area contributed by atoms with Crippen molar-refractivity contribution in [3.05, 3.63) is 12.2 Å². The third-order valence-electron chi connectivity index (χ3n) is 1.81. The molecule has 1 saturated heterocycles. The van der Waals surface area contributed by atoms with Gasteiger partial charge in [0.25, 0.3) is 5.97 Å². The van der Waals surface area contributed by atoms with Gasteiger partial charge >= 0.3 is 0 Å². The van der Waals surface area contributed by atoms with Crippen molar-refractivity contribution in [2.45, 2.75) is 19.4 Å². The van der Waals surface area contributed by atoms with Crippen LogP contribution in [0.25, 0.3) is 0 Å². The third kappa shape index (κ3) is 2.72. The van der Waals surface area contributed by atoms with Crippen LogP contribution in [0, 0.1) is 5.92 Å². The fraction of sp³-hybridized carbons (Fsp3) is 0.625. The number of carboxylic acids is 1. The molecule has 1 heterocycles. The van der Waals surface area contributed by atoms with Gasteiger partial charge in [-0.1, -0.05) is 12.2 Å². The summed E-state index contributed by atoms with van der Waals surface area (Å²) in [5, 5.41) is 10.8. The maximum absolute atomic E-state index is 9.00. The Kier molecular flexibility index (Phi) is 2.65. The summed E-state index contributed by atoms with van der Waals surface area (Å²) in [5.41, 5.74) is 0. The molecule has 0 spiro atoms. The third-order valence-corrected chi connectivity index (χ3v) is 1.81. The van der Waals surface area contributed by atoms with E-state index in [9.17, 15) is 0 Å². The molecule has 2 aliphatic rings. The molecule has 0 radical (unpaired) electrons. The minimum absolute atomic E-state index is 0.741. The average Bonchev–Trinajstić information content (AvgIpc) is 2.45. The van der Waals surface area contributed by atoms with Crippen molar-refractivity contribution in [2.24, 2.45) is 5.92 Å². The summed E-state index contributed by atoms with van der Waals surface area (Å²) in [5.74, 6) is 0.0463. The van der Waals surface area contributed by atoms with Gasteiger partial charge in [-0.15, -0.1) is 0 Å². The molecule has 0 aromatic carbocycles. The van der Waals surface area contributed by atoms with Crippen molar-refractivity contribution in [2.75, 3.05) is 6.54 Å². The van der Waals surface area contributed by atoms with Crippen molar-refractivity contribution < 1.29 is 9.90 Å². The fourth-order valence-electron chi connectivity index (χ4n) is 1.38. The SMILES string of the molecule is C1=CC2CC1CN2.CC(=O)O. The van der Waals surface area contributed by atoms with Crippen LogP contribution in [0.2, 0.25) is 0 Å². The van der Waals surface area contributed by atoms with Crippen LogP contribution in [0.1, 0.15) is 13.3 Å². The smallest absolute Gasteiger partial charge is 0.300 e. The molecule has 2 N–H and O–H groups in total. The van der Waals surface area contributed by atoms with Gasteiger partial charge in [-0.25, -0.2) is 0 Å². The summed E-state index contributed by atoms with van der Waals surface area (Å²) in [6.45, 7) is 2.31. The average molecular weight is 155 g/mol. The Bertz CT molecular complexity index is 161. The number of nitrogens with one attached hydrogen (secondary N) is 1. The summed E-state index contributed by atoms with van der Waals surface area (Å²) < 4.78 is 0. The number of hydrogen-bond acceptors (Lipinski definition) is 2. The molecular weight excluding hydrogens is 142 g/mol. The van der Waals surface area contributed by atoms with E-state index in [0.717, 1.165) is 18.9 Å². The molecule has 2 atom stereocenters. The zero-order valence-corrected chi connectivity index (χ0v) is 6.58. The van der Waals surface area contributed by atoms with E-state index in [-0.39, 0.29) is 0 Å². The Hall–Kier alpha value is -0.830. The van der Waals surface area contributed by atoms with E-state index in [1.165, 1.54) is 13.0 Å².